The number of unbranched alkanes of at least 4 members (excludes halogenated alkanes) is 4. The smallest absolute Gasteiger partial charge is 0.223 e. The van der Waals surface area contributed by atoms with Crippen LogP contribution in [0.15, 0.2) is 72.8 Å². The molecule has 0 radical (unpaired) electrons. The molecule has 1 amide bonds. The summed E-state index contributed by atoms with van der Waals surface area (Å²) in [6.45, 7) is 4.01. The first kappa shape index (κ1) is 28.1. The number of rotatable bonds is 16. The average Bonchev–Trinajstić information content (AvgIpc) is 2.94. The van der Waals surface area contributed by atoms with Crippen molar-refractivity contribution < 1.29 is 19.0 Å². The number of amides is 1. The summed E-state index contributed by atoms with van der Waals surface area (Å²) in [6, 6.07) is 24.0. The Bertz CT molecular complexity index is 1070. The lowest BCUT2D eigenvalue weighted by atomic mass is 10.1. The van der Waals surface area contributed by atoms with E-state index >= 15 is 0 Å². The minimum Gasteiger partial charge on any atom is -0.493 e. The van der Waals surface area contributed by atoms with Gasteiger partial charge in [-0.25, -0.2) is 0 Å². The lowest BCUT2D eigenvalue weighted by Crippen LogP contribution is -2.32. The van der Waals surface area contributed by atoms with Crippen LogP contribution in [0.25, 0.3) is 0 Å². The third-order valence-electron chi connectivity index (χ3n) is 6.53. The molecule has 198 valence electrons. The Morgan fingerprint density at radius 2 is 1.54 bits per heavy atom. The van der Waals surface area contributed by atoms with E-state index in [0.717, 1.165) is 41.8 Å². The van der Waals surface area contributed by atoms with Gasteiger partial charge in [0.05, 0.1) is 14.2 Å². The Balaban J connectivity index is 1.59. The van der Waals surface area contributed by atoms with E-state index in [2.05, 4.69) is 19.1 Å². The van der Waals surface area contributed by atoms with Gasteiger partial charge in [0, 0.05) is 25.1 Å². The van der Waals surface area contributed by atoms with Gasteiger partial charge in [-0.15, -0.1) is 0 Å². The summed E-state index contributed by atoms with van der Waals surface area (Å²) < 4.78 is 17.0. The summed E-state index contributed by atoms with van der Waals surface area (Å²) in [7, 11) is 3.28. The van der Waals surface area contributed by atoms with Crippen LogP contribution in [0.3, 0.4) is 0 Å². The zero-order chi connectivity index (χ0) is 26.3. The third-order valence-corrected chi connectivity index (χ3v) is 6.53. The molecule has 5 heteroatoms. The van der Waals surface area contributed by atoms with E-state index in [9.17, 15) is 4.79 Å². The van der Waals surface area contributed by atoms with Gasteiger partial charge in [-0.1, -0.05) is 87.2 Å². The highest BCUT2D eigenvalue weighted by Crippen LogP contribution is 2.31. The molecule has 3 rings (SSSR count). The van der Waals surface area contributed by atoms with Gasteiger partial charge in [0.25, 0.3) is 0 Å². The number of methoxy groups -OCH3 is 2. The Labute approximate surface area is 222 Å². The number of ether oxygens (including phenoxy) is 3. The summed E-state index contributed by atoms with van der Waals surface area (Å²) in [6.07, 6.45) is 6.95. The number of carbonyl (C=O) groups is 1. The lowest BCUT2D eigenvalue weighted by Gasteiger charge is -2.24. The first-order valence-electron chi connectivity index (χ1n) is 13.4. The molecule has 3 aromatic rings. The quantitative estimate of drug-likeness (QED) is 0.194. The van der Waals surface area contributed by atoms with E-state index in [-0.39, 0.29) is 5.91 Å². The maximum Gasteiger partial charge on any atom is 0.223 e. The van der Waals surface area contributed by atoms with Crippen LogP contribution in [0.2, 0.25) is 0 Å². The lowest BCUT2D eigenvalue weighted by molar-refractivity contribution is -0.131. The fourth-order valence-corrected chi connectivity index (χ4v) is 4.38. The van der Waals surface area contributed by atoms with Crippen molar-refractivity contribution in [1.82, 2.24) is 4.90 Å². The average molecular weight is 504 g/mol. The van der Waals surface area contributed by atoms with Gasteiger partial charge >= 0.3 is 0 Å². The molecule has 37 heavy (non-hydrogen) atoms. The predicted molar refractivity (Wildman–Crippen MR) is 149 cm³/mol. The molecule has 0 aliphatic heterocycles. The van der Waals surface area contributed by atoms with Crippen LogP contribution in [0, 0.1) is 0 Å². The van der Waals surface area contributed by atoms with Crippen molar-refractivity contribution in [2.24, 2.45) is 0 Å². The monoisotopic (exact) mass is 503 g/mol. The zero-order valence-electron chi connectivity index (χ0n) is 22.6. The zero-order valence-corrected chi connectivity index (χ0v) is 22.6. The number of carbonyl (C=O) groups excluding carboxylic acids is 1. The van der Waals surface area contributed by atoms with E-state index in [0.29, 0.717) is 37.5 Å². The first-order valence-corrected chi connectivity index (χ1v) is 13.4. The van der Waals surface area contributed by atoms with Gasteiger partial charge in [-0.3, -0.25) is 4.79 Å². The van der Waals surface area contributed by atoms with Crippen molar-refractivity contribution in [3.8, 4) is 17.2 Å². The molecule has 0 heterocycles. The van der Waals surface area contributed by atoms with E-state index < -0.39 is 0 Å². The van der Waals surface area contributed by atoms with Crippen LogP contribution < -0.4 is 14.2 Å². The molecule has 5 nitrogen and oxygen atoms in total. The van der Waals surface area contributed by atoms with Crippen molar-refractivity contribution in [1.29, 1.82) is 0 Å². The van der Waals surface area contributed by atoms with E-state index in [1.54, 1.807) is 14.2 Å². The highest BCUT2D eigenvalue weighted by atomic mass is 16.5. The fraction of sp³-hybridized carbons (Fsp3) is 0.406. The first-order chi connectivity index (χ1) is 18.1. The molecule has 0 bridgehead atoms. The number of hydrogen-bond donors (Lipinski definition) is 0. The number of para-hydroxylation sites is 1. The van der Waals surface area contributed by atoms with Crippen LogP contribution >= 0.6 is 0 Å². The highest BCUT2D eigenvalue weighted by Gasteiger charge is 2.18. The molecule has 3 aromatic carbocycles. The molecule has 0 aromatic heterocycles. The van der Waals surface area contributed by atoms with Crippen LogP contribution in [-0.2, 0) is 24.4 Å². The Kier molecular flexibility index (Phi) is 11.9. The Hall–Kier alpha value is -3.47. The molecule has 0 saturated carbocycles. The molecular weight excluding hydrogens is 462 g/mol. The minimum absolute atomic E-state index is 0.157. The van der Waals surface area contributed by atoms with Crippen LogP contribution in [0.1, 0.15) is 62.1 Å². The van der Waals surface area contributed by atoms with Crippen LogP contribution in [0.4, 0.5) is 0 Å². The number of aryl methyl sites for hydroxylation is 1. The predicted octanol–water partition coefficient (Wildman–Crippen LogP) is 7.21. The van der Waals surface area contributed by atoms with Crippen LogP contribution in [0.5, 0.6) is 17.2 Å². The maximum atomic E-state index is 13.4. The number of hydrogen-bond acceptors (Lipinski definition) is 4. The molecule has 0 unspecified atom stereocenters. The molecule has 0 atom stereocenters. The number of benzene rings is 3. The molecular formula is C32H41NO4. The second kappa shape index (κ2) is 15.6. The summed E-state index contributed by atoms with van der Waals surface area (Å²) in [5, 5.41) is 0. The standard InChI is InChI=1S/C32H41NO4/c1-4-5-6-7-11-23-33(24-28-15-12-16-30(35-2)32(28)36-3)31(34)22-19-26-17-20-29(21-18-26)37-25-27-13-9-8-10-14-27/h8-10,12-18,20-21H,4-7,11,19,22-25H2,1-3H3. The van der Waals surface area contributed by atoms with Gasteiger partial charge in [-0.05, 0) is 42.2 Å². The summed E-state index contributed by atoms with van der Waals surface area (Å²) >= 11 is 0. The normalized spacial score (nSPS) is 10.7. The van der Waals surface area contributed by atoms with Crippen molar-refractivity contribution in [2.45, 2.75) is 65.0 Å². The van der Waals surface area contributed by atoms with E-state index in [1.807, 2.05) is 65.6 Å². The summed E-state index contributed by atoms with van der Waals surface area (Å²) in [5.74, 6) is 2.37. The van der Waals surface area contributed by atoms with Gasteiger partial charge in [0.15, 0.2) is 11.5 Å². The fourth-order valence-electron chi connectivity index (χ4n) is 4.38. The van der Waals surface area contributed by atoms with Crippen molar-refractivity contribution in [3.05, 3.63) is 89.5 Å². The molecule has 0 N–H and O–H groups in total. The SMILES string of the molecule is CCCCCCCN(Cc1cccc(OC)c1OC)C(=O)CCc1ccc(OCc2ccccc2)cc1. The Morgan fingerprint density at radius 3 is 2.24 bits per heavy atom. The maximum absolute atomic E-state index is 13.4. The summed E-state index contributed by atoms with van der Waals surface area (Å²) in [4.78, 5) is 15.3. The van der Waals surface area contributed by atoms with E-state index in [1.165, 1.54) is 19.3 Å². The van der Waals surface area contributed by atoms with Crippen molar-refractivity contribution in [2.75, 3.05) is 20.8 Å². The van der Waals surface area contributed by atoms with Crippen molar-refractivity contribution >= 4 is 5.91 Å². The van der Waals surface area contributed by atoms with Gasteiger partial charge in [0.1, 0.15) is 12.4 Å². The molecule has 0 spiro atoms. The minimum atomic E-state index is 0.157. The van der Waals surface area contributed by atoms with Gasteiger partial charge in [-0.2, -0.15) is 0 Å². The highest BCUT2D eigenvalue weighted by molar-refractivity contribution is 5.76. The second-order valence-corrected chi connectivity index (χ2v) is 9.30. The second-order valence-electron chi connectivity index (χ2n) is 9.30. The number of nitrogens with zero attached hydrogens (tertiary/aromatic N) is 1. The largest absolute Gasteiger partial charge is 0.493 e. The summed E-state index contributed by atoms with van der Waals surface area (Å²) in [5.41, 5.74) is 3.23. The molecule has 0 aliphatic rings. The molecule has 0 aliphatic carbocycles. The van der Waals surface area contributed by atoms with Crippen molar-refractivity contribution in [3.63, 3.8) is 0 Å². The van der Waals surface area contributed by atoms with E-state index in [4.69, 9.17) is 14.2 Å². The topological polar surface area (TPSA) is 48.0 Å². The third kappa shape index (κ3) is 9.16. The van der Waals surface area contributed by atoms with Gasteiger partial charge < -0.3 is 19.1 Å². The molecule has 0 fully saturated rings. The van der Waals surface area contributed by atoms with Gasteiger partial charge in [0.2, 0.25) is 5.91 Å². The molecule has 0 saturated heterocycles. The van der Waals surface area contributed by atoms with Crippen LogP contribution in [-0.4, -0.2) is 31.6 Å². The Morgan fingerprint density at radius 1 is 0.784 bits per heavy atom.